The third-order valence-corrected chi connectivity index (χ3v) is 26.0. The van der Waals surface area contributed by atoms with E-state index in [9.17, 15) is 9.59 Å². The van der Waals surface area contributed by atoms with Gasteiger partial charge in [-0.25, -0.2) is 0 Å². The van der Waals surface area contributed by atoms with Gasteiger partial charge in [0.15, 0.2) is 0 Å². The standard InChI is InChI=1S/C66H110O4S2/c1-45(2)19-17-21-47(5)55-29-31-57-53-27-25-49-43-51(33-37-63(49,7)59(53)35-39-65(55,57)9)69-61(67)23-13-11-15-41-71-72-42-16-12-14-24-62(68)70-52-34-38-64(8)50(44-52)26-28-54-58-32-30-56(48(6)22-18-20-46(3)4)66(58,10)40-36-60(54)64/h25-26,45-48,51-60H,11-24,27-44H2,1-10H3/t47-,48-,51?,52?,53+,54+,55-,56-,57+,58+,59+,60+,63+,64+,65-,66-/m1/s1. The molecule has 0 radical (unpaired) electrons. The zero-order valence-corrected chi connectivity index (χ0v) is 49.9. The van der Waals surface area contributed by atoms with E-state index in [4.69, 9.17) is 9.47 Å². The van der Waals surface area contributed by atoms with Crippen LogP contribution in [0.2, 0.25) is 0 Å². The largest absolute Gasteiger partial charge is 0.462 e. The predicted octanol–water partition coefficient (Wildman–Crippen LogP) is 19.4. The van der Waals surface area contributed by atoms with Crippen LogP contribution in [-0.4, -0.2) is 35.7 Å². The highest BCUT2D eigenvalue weighted by Crippen LogP contribution is 2.69. The van der Waals surface area contributed by atoms with Gasteiger partial charge in [-0.2, -0.15) is 0 Å². The smallest absolute Gasteiger partial charge is 0.306 e. The topological polar surface area (TPSA) is 52.6 Å². The molecule has 2 unspecified atom stereocenters. The second kappa shape index (κ2) is 25.3. The van der Waals surface area contributed by atoms with E-state index in [1.165, 1.54) is 116 Å². The van der Waals surface area contributed by atoms with Crippen molar-refractivity contribution in [3.63, 3.8) is 0 Å². The maximum atomic E-state index is 13.0. The summed E-state index contributed by atoms with van der Waals surface area (Å²) in [7, 11) is 3.95. The summed E-state index contributed by atoms with van der Waals surface area (Å²) >= 11 is 0. The third-order valence-electron chi connectivity index (χ3n) is 23.4. The molecule has 0 aliphatic heterocycles. The van der Waals surface area contributed by atoms with Gasteiger partial charge in [-0.05, 0) is 208 Å². The maximum absolute atomic E-state index is 13.0. The first-order valence-corrected chi connectivity index (χ1v) is 34.0. The number of allylic oxidation sites excluding steroid dienone is 2. The molecule has 0 aromatic rings. The lowest BCUT2D eigenvalue weighted by Gasteiger charge is -2.58. The van der Waals surface area contributed by atoms with Gasteiger partial charge in [0.2, 0.25) is 0 Å². The van der Waals surface area contributed by atoms with Crippen LogP contribution < -0.4 is 0 Å². The van der Waals surface area contributed by atoms with Crippen molar-refractivity contribution in [2.45, 2.75) is 274 Å². The van der Waals surface area contributed by atoms with Crippen molar-refractivity contribution in [2.75, 3.05) is 11.5 Å². The highest BCUT2D eigenvalue weighted by Gasteiger charge is 2.61. The van der Waals surface area contributed by atoms with E-state index in [1.807, 2.05) is 21.6 Å². The van der Waals surface area contributed by atoms with E-state index in [0.29, 0.717) is 34.5 Å². The Hall–Kier alpha value is -0.880. The lowest BCUT2D eigenvalue weighted by atomic mass is 9.47. The highest BCUT2D eigenvalue weighted by atomic mass is 33.1. The molecule has 410 valence electrons. The minimum Gasteiger partial charge on any atom is -0.462 e. The molecule has 6 heteroatoms. The monoisotopic (exact) mass is 1030 g/mol. The molecule has 0 aromatic carbocycles. The summed E-state index contributed by atoms with van der Waals surface area (Å²) in [5.74, 6) is 12.6. The van der Waals surface area contributed by atoms with Crippen molar-refractivity contribution in [1.82, 2.24) is 0 Å². The number of hydrogen-bond donors (Lipinski definition) is 0. The van der Waals surface area contributed by atoms with Gasteiger partial charge in [0.05, 0.1) is 0 Å². The predicted molar refractivity (Wildman–Crippen MR) is 308 cm³/mol. The quantitative estimate of drug-likeness (QED) is 0.0393. The fourth-order valence-corrected chi connectivity index (χ4v) is 21.6. The van der Waals surface area contributed by atoms with Crippen LogP contribution in [0.5, 0.6) is 0 Å². The van der Waals surface area contributed by atoms with Gasteiger partial charge in [-0.15, -0.1) is 0 Å². The Morgan fingerprint density at radius 3 is 1.32 bits per heavy atom. The van der Waals surface area contributed by atoms with Crippen molar-refractivity contribution < 1.29 is 19.1 Å². The Bertz CT molecular complexity index is 1710. The number of ether oxygens (including phenoxy) is 2. The first kappa shape index (κ1) is 57.3. The zero-order chi connectivity index (χ0) is 51.3. The van der Waals surface area contributed by atoms with Gasteiger partial charge in [0.25, 0.3) is 0 Å². The zero-order valence-electron chi connectivity index (χ0n) is 48.3. The van der Waals surface area contributed by atoms with Gasteiger partial charge in [-0.1, -0.05) is 165 Å². The lowest BCUT2D eigenvalue weighted by molar-refractivity contribution is -0.152. The molecule has 8 rings (SSSR count). The summed E-state index contributed by atoms with van der Waals surface area (Å²) < 4.78 is 12.4. The van der Waals surface area contributed by atoms with E-state index < -0.39 is 0 Å². The summed E-state index contributed by atoms with van der Waals surface area (Å²) in [6.07, 6.45) is 41.7. The van der Waals surface area contributed by atoms with Crippen LogP contribution >= 0.6 is 21.6 Å². The van der Waals surface area contributed by atoms with Crippen LogP contribution in [0.25, 0.3) is 0 Å². The Labute approximate surface area is 451 Å². The van der Waals surface area contributed by atoms with E-state index >= 15 is 0 Å². The molecule has 16 atom stereocenters. The summed E-state index contributed by atoms with van der Waals surface area (Å²) in [5, 5.41) is 0. The fraction of sp³-hybridized carbons (Fsp3) is 0.909. The number of unbranched alkanes of at least 4 members (excludes halogenated alkanes) is 4. The Kier molecular flexibility index (Phi) is 20.1. The van der Waals surface area contributed by atoms with Gasteiger partial charge in [-0.3, -0.25) is 9.59 Å². The molecular weight excluding hydrogens is 921 g/mol. The maximum Gasteiger partial charge on any atom is 0.306 e. The number of rotatable bonds is 25. The lowest BCUT2D eigenvalue weighted by Crippen LogP contribution is -2.51. The third kappa shape index (κ3) is 12.8. The van der Waals surface area contributed by atoms with Gasteiger partial charge >= 0.3 is 11.9 Å². The molecule has 72 heavy (non-hydrogen) atoms. The van der Waals surface area contributed by atoms with Crippen LogP contribution in [0, 0.1) is 92.7 Å². The van der Waals surface area contributed by atoms with Crippen LogP contribution in [0.4, 0.5) is 0 Å². The number of carbonyl (C=O) groups is 2. The number of carbonyl (C=O) groups excluding carboxylic acids is 2. The first-order chi connectivity index (χ1) is 34.5. The van der Waals surface area contributed by atoms with Crippen molar-refractivity contribution in [2.24, 2.45) is 92.7 Å². The summed E-state index contributed by atoms with van der Waals surface area (Å²) in [6.45, 7) is 25.3. The van der Waals surface area contributed by atoms with E-state index in [-0.39, 0.29) is 24.1 Å². The average Bonchev–Trinajstić information content (AvgIpc) is 3.89. The van der Waals surface area contributed by atoms with Crippen molar-refractivity contribution in [1.29, 1.82) is 0 Å². The number of esters is 2. The van der Waals surface area contributed by atoms with Gasteiger partial charge in [0, 0.05) is 37.2 Å². The second-order valence-electron chi connectivity index (χ2n) is 28.6. The number of fused-ring (bicyclic) bond motifs is 10. The second-order valence-corrected chi connectivity index (χ2v) is 31.3. The fourth-order valence-electron chi connectivity index (χ4n) is 19.3. The molecule has 0 N–H and O–H groups in total. The average molecular weight is 1030 g/mol. The van der Waals surface area contributed by atoms with Crippen LogP contribution in [0.15, 0.2) is 23.3 Å². The highest BCUT2D eigenvalue weighted by molar-refractivity contribution is 8.76. The van der Waals surface area contributed by atoms with Crippen LogP contribution in [0.3, 0.4) is 0 Å². The Morgan fingerprint density at radius 2 is 0.917 bits per heavy atom. The Balaban J connectivity index is 0.643. The van der Waals surface area contributed by atoms with E-state index in [1.54, 1.807) is 11.1 Å². The van der Waals surface area contributed by atoms with Crippen molar-refractivity contribution >= 4 is 33.5 Å². The molecular formula is C66H110O4S2. The molecule has 0 aromatic heterocycles. The molecule has 8 aliphatic rings. The molecule has 6 saturated carbocycles. The summed E-state index contributed by atoms with van der Waals surface area (Å²) in [5.41, 5.74) is 4.93. The van der Waals surface area contributed by atoms with Crippen LogP contribution in [-0.2, 0) is 19.1 Å². The van der Waals surface area contributed by atoms with E-state index in [2.05, 4.69) is 81.4 Å². The van der Waals surface area contributed by atoms with Crippen molar-refractivity contribution in [3.05, 3.63) is 23.3 Å². The molecule has 6 fully saturated rings. The Morgan fingerprint density at radius 1 is 0.500 bits per heavy atom. The summed E-state index contributed by atoms with van der Waals surface area (Å²) in [4.78, 5) is 26.1. The normalized spacial score (nSPS) is 38.9. The molecule has 0 saturated heterocycles. The number of hydrogen-bond acceptors (Lipinski definition) is 6. The molecule has 8 aliphatic carbocycles. The van der Waals surface area contributed by atoms with Crippen molar-refractivity contribution in [3.8, 4) is 0 Å². The first-order valence-electron chi connectivity index (χ1n) is 31.5. The summed E-state index contributed by atoms with van der Waals surface area (Å²) in [6, 6.07) is 0. The van der Waals surface area contributed by atoms with Crippen LogP contribution in [0.1, 0.15) is 262 Å². The van der Waals surface area contributed by atoms with Gasteiger partial charge in [0.1, 0.15) is 12.2 Å². The molecule has 4 nitrogen and oxygen atoms in total. The molecule has 0 heterocycles. The minimum absolute atomic E-state index is 0.0272. The minimum atomic E-state index is 0.0272. The van der Waals surface area contributed by atoms with E-state index in [0.717, 1.165) is 147 Å². The van der Waals surface area contributed by atoms with Gasteiger partial charge < -0.3 is 9.47 Å². The molecule has 0 bridgehead atoms. The molecule has 0 amide bonds. The SMILES string of the molecule is CC(C)CCC[C@@H](C)[C@H]1CC[C@H]2[C@@H]3CC=C4CC(OC(=O)CCCCCSSCCCCCC(=O)OC5CC[C@@]6(C)C(=CC[C@H]7[C@@H]8CC[C@H]([C@H](C)CCCC(C)C)[C@@]8(C)CC[C@@H]76)C5)CC[C@]4(C)[C@H]3CC[C@]12C. The molecule has 0 spiro atoms.